The molecule has 1 heterocycles. The van der Waals surface area contributed by atoms with E-state index in [1.165, 1.54) is 6.08 Å². The zero-order valence-corrected chi connectivity index (χ0v) is 12.4. The number of benzene rings is 1. The highest BCUT2D eigenvalue weighted by Gasteiger charge is 2.04. The maximum absolute atomic E-state index is 11.8. The summed E-state index contributed by atoms with van der Waals surface area (Å²) in [7, 11) is 1.56. The van der Waals surface area contributed by atoms with Crippen molar-refractivity contribution in [1.29, 1.82) is 0 Å². The fourth-order valence-electron chi connectivity index (χ4n) is 1.50. The number of anilines is 1. The Kier molecular flexibility index (Phi) is 4.62. The highest BCUT2D eigenvalue weighted by atomic mass is 127. The fourth-order valence-corrected chi connectivity index (χ4v) is 1.93. The molecule has 0 aliphatic rings. The van der Waals surface area contributed by atoms with Crippen molar-refractivity contribution in [2.45, 2.75) is 0 Å². The number of halogens is 1. The van der Waals surface area contributed by atoms with E-state index in [4.69, 9.17) is 9.15 Å². The Balaban J connectivity index is 2.03. The Labute approximate surface area is 124 Å². The summed E-state index contributed by atoms with van der Waals surface area (Å²) in [5.74, 6) is 1.02. The fraction of sp³-hybridized carbons (Fsp3) is 0.0714. The van der Waals surface area contributed by atoms with Crippen LogP contribution in [0.1, 0.15) is 5.76 Å². The molecule has 1 aromatic heterocycles. The normalized spacial score (nSPS) is 10.6. The lowest BCUT2D eigenvalue weighted by Gasteiger charge is -2.07. The molecule has 0 unspecified atom stereocenters. The maximum Gasteiger partial charge on any atom is 0.248 e. The molecule has 1 N–H and O–H groups in total. The summed E-state index contributed by atoms with van der Waals surface area (Å²) in [5, 5.41) is 2.74. The molecule has 0 aliphatic heterocycles. The van der Waals surface area contributed by atoms with Crippen LogP contribution in [0.2, 0.25) is 0 Å². The lowest BCUT2D eigenvalue weighted by molar-refractivity contribution is -0.111. The molecule has 0 bridgehead atoms. The van der Waals surface area contributed by atoms with Crippen molar-refractivity contribution in [3.05, 3.63) is 52.0 Å². The highest BCUT2D eigenvalue weighted by molar-refractivity contribution is 14.1. The first-order chi connectivity index (χ1) is 9.19. The van der Waals surface area contributed by atoms with E-state index in [9.17, 15) is 4.79 Å². The van der Waals surface area contributed by atoms with Gasteiger partial charge in [-0.2, -0.15) is 0 Å². The zero-order valence-electron chi connectivity index (χ0n) is 10.2. The largest absolute Gasteiger partial charge is 0.495 e. The van der Waals surface area contributed by atoms with Crippen molar-refractivity contribution in [1.82, 2.24) is 0 Å². The second-order valence-corrected chi connectivity index (χ2v) is 4.73. The van der Waals surface area contributed by atoms with Gasteiger partial charge in [0.15, 0.2) is 3.77 Å². The van der Waals surface area contributed by atoms with Crippen molar-refractivity contribution in [2.24, 2.45) is 0 Å². The number of methoxy groups -OCH3 is 1. The number of ether oxygens (including phenoxy) is 1. The molecule has 0 saturated heterocycles. The third-order valence-corrected chi connectivity index (χ3v) is 2.94. The lowest BCUT2D eigenvalue weighted by Crippen LogP contribution is -2.08. The van der Waals surface area contributed by atoms with E-state index in [2.05, 4.69) is 27.9 Å². The molecule has 19 heavy (non-hydrogen) atoms. The van der Waals surface area contributed by atoms with E-state index in [1.807, 2.05) is 18.2 Å². The Morgan fingerprint density at radius 3 is 2.79 bits per heavy atom. The number of amides is 1. The van der Waals surface area contributed by atoms with Crippen molar-refractivity contribution in [3.63, 3.8) is 0 Å². The summed E-state index contributed by atoms with van der Waals surface area (Å²) in [5.41, 5.74) is 0.633. The third kappa shape index (κ3) is 3.85. The topological polar surface area (TPSA) is 51.5 Å². The van der Waals surface area contributed by atoms with Crippen LogP contribution in [0.15, 0.2) is 46.9 Å². The lowest BCUT2D eigenvalue weighted by atomic mass is 10.3. The van der Waals surface area contributed by atoms with Gasteiger partial charge in [-0.15, -0.1) is 0 Å². The molecule has 2 aromatic rings. The van der Waals surface area contributed by atoms with Gasteiger partial charge < -0.3 is 14.5 Å². The number of carbonyl (C=O) groups is 1. The van der Waals surface area contributed by atoms with Gasteiger partial charge in [0, 0.05) is 6.08 Å². The quantitative estimate of drug-likeness (QED) is 0.663. The number of hydrogen-bond acceptors (Lipinski definition) is 3. The molecule has 1 aromatic carbocycles. The van der Waals surface area contributed by atoms with Crippen molar-refractivity contribution < 1.29 is 13.9 Å². The molecule has 4 nitrogen and oxygen atoms in total. The van der Waals surface area contributed by atoms with Gasteiger partial charge in [0.1, 0.15) is 11.5 Å². The van der Waals surface area contributed by atoms with Crippen LogP contribution < -0.4 is 10.1 Å². The number of nitrogens with one attached hydrogen (secondary N) is 1. The van der Waals surface area contributed by atoms with Gasteiger partial charge >= 0.3 is 0 Å². The molecule has 98 valence electrons. The second kappa shape index (κ2) is 6.42. The van der Waals surface area contributed by atoms with Crippen LogP contribution in [0.4, 0.5) is 5.69 Å². The van der Waals surface area contributed by atoms with Gasteiger partial charge in [0.2, 0.25) is 5.91 Å². The number of para-hydroxylation sites is 2. The number of furan rings is 1. The molecule has 0 atom stereocenters. The summed E-state index contributed by atoms with van der Waals surface area (Å²) >= 11 is 2.07. The van der Waals surface area contributed by atoms with Crippen LogP contribution in [0.5, 0.6) is 5.75 Å². The summed E-state index contributed by atoms with van der Waals surface area (Å²) in [6.07, 6.45) is 3.04. The molecule has 2 rings (SSSR count). The summed E-state index contributed by atoms with van der Waals surface area (Å²) in [6.45, 7) is 0. The average Bonchev–Trinajstić information content (AvgIpc) is 2.83. The van der Waals surface area contributed by atoms with Crippen LogP contribution in [-0.4, -0.2) is 13.0 Å². The average molecular weight is 369 g/mol. The van der Waals surface area contributed by atoms with Crippen LogP contribution in [0.25, 0.3) is 6.08 Å². The minimum Gasteiger partial charge on any atom is -0.495 e. The predicted octanol–water partition coefficient (Wildman–Crippen LogP) is 3.54. The van der Waals surface area contributed by atoms with E-state index >= 15 is 0 Å². The number of carbonyl (C=O) groups excluding carboxylic acids is 1. The summed E-state index contributed by atoms with van der Waals surface area (Å²) < 4.78 is 11.3. The molecule has 0 saturated carbocycles. The van der Waals surface area contributed by atoms with E-state index in [-0.39, 0.29) is 5.91 Å². The van der Waals surface area contributed by atoms with Gasteiger partial charge in [-0.1, -0.05) is 12.1 Å². The van der Waals surface area contributed by atoms with Gasteiger partial charge in [-0.3, -0.25) is 4.79 Å². The first-order valence-corrected chi connectivity index (χ1v) is 6.64. The number of hydrogen-bond donors (Lipinski definition) is 1. The molecular weight excluding hydrogens is 357 g/mol. The van der Waals surface area contributed by atoms with Crippen molar-refractivity contribution in [2.75, 3.05) is 12.4 Å². The van der Waals surface area contributed by atoms with Gasteiger partial charge in [-0.05, 0) is 52.9 Å². The van der Waals surface area contributed by atoms with E-state index in [0.717, 1.165) is 3.77 Å². The monoisotopic (exact) mass is 369 g/mol. The Hall–Kier alpha value is -1.76. The standard InChI is InChI=1S/C14H12INO3/c1-18-12-5-3-2-4-11(12)16-14(17)9-7-10-6-8-13(15)19-10/h2-9H,1H3,(H,16,17)/b9-7+. The van der Waals surface area contributed by atoms with Crippen LogP contribution in [0, 0.1) is 3.77 Å². The third-order valence-electron chi connectivity index (χ3n) is 2.36. The number of rotatable bonds is 4. The van der Waals surface area contributed by atoms with Crippen LogP contribution in [-0.2, 0) is 4.79 Å². The minimum absolute atomic E-state index is 0.240. The van der Waals surface area contributed by atoms with E-state index < -0.39 is 0 Å². The molecule has 0 spiro atoms. The van der Waals surface area contributed by atoms with Crippen LogP contribution in [0.3, 0.4) is 0 Å². The highest BCUT2D eigenvalue weighted by Crippen LogP contribution is 2.22. The molecule has 1 amide bonds. The van der Waals surface area contributed by atoms with Crippen molar-refractivity contribution in [3.8, 4) is 5.75 Å². The maximum atomic E-state index is 11.8. The zero-order chi connectivity index (χ0) is 13.7. The van der Waals surface area contributed by atoms with E-state index in [0.29, 0.717) is 17.2 Å². The first kappa shape index (κ1) is 13.7. The first-order valence-electron chi connectivity index (χ1n) is 5.56. The molecule has 5 heteroatoms. The Morgan fingerprint density at radius 1 is 1.32 bits per heavy atom. The van der Waals surface area contributed by atoms with Gasteiger partial charge in [-0.25, -0.2) is 0 Å². The second-order valence-electron chi connectivity index (χ2n) is 3.66. The predicted molar refractivity (Wildman–Crippen MR) is 82.1 cm³/mol. The summed E-state index contributed by atoms with van der Waals surface area (Å²) in [4.78, 5) is 11.8. The Bertz CT molecular complexity index is 604. The molecular formula is C14H12INO3. The molecule has 0 aliphatic carbocycles. The Morgan fingerprint density at radius 2 is 2.11 bits per heavy atom. The van der Waals surface area contributed by atoms with Gasteiger partial charge in [0.25, 0.3) is 0 Å². The SMILES string of the molecule is COc1ccccc1NC(=O)/C=C/c1ccc(I)o1. The smallest absolute Gasteiger partial charge is 0.248 e. The van der Waals surface area contributed by atoms with E-state index in [1.54, 1.807) is 31.4 Å². The van der Waals surface area contributed by atoms with Gasteiger partial charge in [0.05, 0.1) is 12.8 Å². The minimum atomic E-state index is -0.240. The summed E-state index contributed by atoms with van der Waals surface area (Å²) in [6, 6.07) is 10.9. The molecule has 0 radical (unpaired) electrons. The van der Waals surface area contributed by atoms with Crippen LogP contribution >= 0.6 is 22.6 Å². The van der Waals surface area contributed by atoms with Crippen molar-refractivity contribution >= 4 is 40.3 Å². The molecule has 0 fully saturated rings.